The molecule has 31 heavy (non-hydrogen) atoms. The van der Waals surface area contributed by atoms with Gasteiger partial charge in [0.05, 0.1) is 0 Å². The van der Waals surface area contributed by atoms with Crippen molar-refractivity contribution < 1.29 is 9.59 Å². The first kappa shape index (κ1) is 23.8. The number of halogens is 2. The van der Waals surface area contributed by atoms with Crippen LogP contribution in [-0.4, -0.2) is 28.8 Å². The molecule has 6 heteroatoms. The Morgan fingerprint density at radius 1 is 1.10 bits per heavy atom. The first-order valence-corrected chi connectivity index (χ1v) is 12.2. The summed E-state index contributed by atoms with van der Waals surface area (Å²) in [6, 6.07) is 15.1. The van der Waals surface area contributed by atoms with Gasteiger partial charge in [0, 0.05) is 28.5 Å². The lowest BCUT2D eigenvalue weighted by Crippen LogP contribution is -2.50. The number of nitrogens with one attached hydrogen (secondary N) is 1. The minimum atomic E-state index is -0.538. The molecular formula is C25H30BrClN2O2. The van der Waals surface area contributed by atoms with Crippen LogP contribution in [0.1, 0.15) is 56.6 Å². The zero-order valence-corrected chi connectivity index (χ0v) is 20.3. The van der Waals surface area contributed by atoms with Crippen molar-refractivity contribution in [1.82, 2.24) is 10.2 Å². The van der Waals surface area contributed by atoms with E-state index in [1.54, 1.807) is 4.90 Å². The standard InChI is InChI=1S/C25H30BrClN2O2/c1-18(25(31)28-22-8-3-2-4-9-22)29(17-19-11-14-21(26)15-12-19)24(30)16-13-20-7-5-6-10-23(20)27/h5-7,10-12,14-15,18,22H,2-4,8-9,13,16-17H2,1H3,(H,28,31)/t18-/m1/s1. The van der Waals surface area contributed by atoms with E-state index < -0.39 is 6.04 Å². The molecule has 0 radical (unpaired) electrons. The highest BCUT2D eigenvalue weighted by Gasteiger charge is 2.28. The van der Waals surface area contributed by atoms with Gasteiger partial charge in [0.1, 0.15) is 6.04 Å². The fourth-order valence-corrected chi connectivity index (χ4v) is 4.52. The summed E-state index contributed by atoms with van der Waals surface area (Å²) in [6.45, 7) is 2.22. The number of rotatable bonds is 8. The van der Waals surface area contributed by atoms with E-state index in [1.165, 1.54) is 6.42 Å². The van der Waals surface area contributed by atoms with Crippen molar-refractivity contribution in [2.24, 2.45) is 0 Å². The molecule has 4 nitrogen and oxygen atoms in total. The molecule has 166 valence electrons. The number of aryl methyl sites for hydroxylation is 1. The molecule has 2 amide bonds. The monoisotopic (exact) mass is 504 g/mol. The molecule has 1 aliphatic rings. The van der Waals surface area contributed by atoms with Crippen LogP contribution in [0, 0.1) is 0 Å². The molecule has 0 unspecified atom stereocenters. The Balaban J connectivity index is 1.70. The van der Waals surface area contributed by atoms with E-state index in [0.29, 0.717) is 24.4 Å². The summed E-state index contributed by atoms with van der Waals surface area (Å²) < 4.78 is 0.982. The van der Waals surface area contributed by atoms with Gasteiger partial charge in [-0.2, -0.15) is 0 Å². The SMILES string of the molecule is C[C@H](C(=O)NC1CCCCC1)N(Cc1ccc(Br)cc1)C(=O)CCc1ccccc1Cl. The lowest BCUT2D eigenvalue weighted by molar-refractivity contribution is -0.141. The molecule has 1 fully saturated rings. The highest BCUT2D eigenvalue weighted by molar-refractivity contribution is 9.10. The van der Waals surface area contributed by atoms with E-state index in [-0.39, 0.29) is 17.9 Å². The van der Waals surface area contributed by atoms with E-state index in [9.17, 15) is 9.59 Å². The Morgan fingerprint density at radius 3 is 2.45 bits per heavy atom. The van der Waals surface area contributed by atoms with Crippen molar-refractivity contribution in [2.45, 2.75) is 70.5 Å². The van der Waals surface area contributed by atoms with E-state index in [0.717, 1.165) is 41.3 Å². The molecule has 0 bridgehead atoms. The van der Waals surface area contributed by atoms with Crippen molar-refractivity contribution in [3.8, 4) is 0 Å². The predicted octanol–water partition coefficient (Wildman–Crippen LogP) is 5.90. The quantitative estimate of drug-likeness (QED) is 0.485. The van der Waals surface area contributed by atoms with Crippen molar-refractivity contribution in [1.29, 1.82) is 0 Å². The molecule has 0 aliphatic heterocycles. The first-order chi connectivity index (χ1) is 14.9. The summed E-state index contributed by atoms with van der Waals surface area (Å²) in [7, 11) is 0. The van der Waals surface area contributed by atoms with E-state index >= 15 is 0 Å². The van der Waals surface area contributed by atoms with Gasteiger partial charge in [0.15, 0.2) is 0 Å². The third-order valence-corrected chi connectivity index (χ3v) is 6.85. The van der Waals surface area contributed by atoms with Gasteiger partial charge in [-0.05, 0) is 55.5 Å². The minimum absolute atomic E-state index is 0.0471. The first-order valence-electron chi connectivity index (χ1n) is 11.0. The Morgan fingerprint density at radius 2 is 1.77 bits per heavy atom. The number of carbonyl (C=O) groups excluding carboxylic acids is 2. The predicted molar refractivity (Wildman–Crippen MR) is 129 cm³/mol. The van der Waals surface area contributed by atoms with Crippen molar-refractivity contribution in [2.75, 3.05) is 0 Å². The zero-order valence-electron chi connectivity index (χ0n) is 17.9. The highest BCUT2D eigenvalue weighted by atomic mass is 79.9. The number of benzene rings is 2. The molecule has 0 heterocycles. The van der Waals surface area contributed by atoms with Crippen LogP contribution in [0.5, 0.6) is 0 Å². The van der Waals surface area contributed by atoms with Gasteiger partial charge in [-0.25, -0.2) is 0 Å². The smallest absolute Gasteiger partial charge is 0.242 e. The van der Waals surface area contributed by atoms with Crippen LogP contribution in [0.2, 0.25) is 5.02 Å². The fourth-order valence-electron chi connectivity index (χ4n) is 4.02. The normalized spacial score (nSPS) is 15.3. The van der Waals surface area contributed by atoms with E-state index in [1.807, 2.05) is 55.5 Å². The molecule has 2 aromatic carbocycles. The lowest BCUT2D eigenvalue weighted by atomic mass is 9.95. The van der Waals surface area contributed by atoms with Gasteiger partial charge in [-0.15, -0.1) is 0 Å². The molecule has 0 aromatic heterocycles. The molecular weight excluding hydrogens is 476 g/mol. The van der Waals surface area contributed by atoms with Gasteiger partial charge < -0.3 is 10.2 Å². The maximum absolute atomic E-state index is 13.2. The van der Waals surface area contributed by atoms with Crippen LogP contribution in [0.15, 0.2) is 53.0 Å². The Bertz CT molecular complexity index is 881. The largest absolute Gasteiger partial charge is 0.352 e. The highest BCUT2D eigenvalue weighted by Crippen LogP contribution is 2.21. The molecule has 2 aromatic rings. The van der Waals surface area contributed by atoms with Crippen LogP contribution < -0.4 is 5.32 Å². The number of hydrogen-bond acceptors (Lipinski definition) is 2. The van der Waals surface area contributed by atoms with Crippen LogP contribution in [0.3, 0.4) is 0 Å². The number of carbonyl (C=O) groups is 2. The molecule has 3 rings (SSSR count). The van der Waals surface area contributed by atoms with Gasteiger partial charge in [0.2, 0.25) is 11.8 Å². The maximum Gasteiger partial charge on any atom is 0.242 e. The Kier molecular flexibility index (Phi) is 8.97. The van der Waals surface area contributed by atoms with Crippen LogP contribution >= 0.6 is 27.5 Å². The van der Waals surface area contributed by atoms with Crippen molar-refractivity contribution in [3.05, 3.63) is 69.2 Å². The van der Waals surface area contributed by atoms with E-state index in [2.05, 4.69) is 21.2 Å². The zero-order chi connectivity index (χ0) is 22.2. The molecule has 1 aliphatic carbocycles. The van der Waals surface area contributed by atoms with Crippen LogP contribution in [0.4, 0.5) is 0 Å². The second-order valence-corrected chi connectivity index (χ2v) is 9.58. The maximum atomic E-state index is 13.2. The van der Waals surface area contributed by atoms with Gasteiger partial charge in [0.25, 0.3) is 0 Å². The molecule has 1 N–H and O–H groups in total. The van der Waals surface area contributed by atoms with Crippen LogP contribution in [-0.2, 0) is 22.6 Å². The second-order valence-electron chi connectivity index (χ2n) is 8.26. The molecule has 0 saturated heterocycles. The number of hydrogen-bond donors (Lipinski definition) is 1. The van der Waals surface area contributed by atoms with Crippen molar-refractivity contribution >= 4 is 39.3 Å². The minimum Gasteiger partial charge on any atom is -0.352 e. The third kappa shape index (κ3) is 7.08. The number of amides is 2. The second kappa shape index (κ2) is 11.7. The molecule has 1 atom stereocenters. The Labute approximate surface area is 198 Å². The van der Waals surface area contributed by atoms with Crippen LogP contribution in [0.25, 0.3) is 0 Å². The average Bonchev–Trinajstić information content (AvgIpc) is 2.78. The molecule has 1 saturated carbocycles. The Hall–Kier alpha value is -1.85. The average molecular weight is 506 g/mol. The summed E-state index contributed by atoms with van der Waals surface area (Å²) in [5.74, 6) is -0.121. The summed E-state index contributed by atoms with van der Waals surface area (Å²) >= 11 is 9.71. The van der Waals surface area contributed by atoms with Gasteiger partial charge in [-0.1, -0.05) is 77.1 Å². The summed E-state index contributed by atoms with van der Waals surface area (Å²) in [5, 5.41) is 3.84. The lowest BCUT2D eigenvalue weighted by Gasteiger charge is -2.31. The van der Waals surface area contributed by atoms with Gasteiger partial charge >= 0.3 is 0 Å². The van der Waals surface area contributed by atoms with E-state index in [4.69, 9.17) is 11.6 Å². The summed E-state index contributed by atoms with van der Waals surface area (Å²) in [5.41, 5.74) is 1.94. The third-order valence-electron chi connectivity index (χ3n) is 5.95. The number of nitrogens with zero attached hydrogens (tertiary/aromatic N) is 1. The molecule has 0 spiro atoms. The summed E-state index contributed by atoms with van der Waals surface area (Å²) in [6.07, 6.45) is 6.43. The fraction of sp³-hybridized carbons (Fsp3) is 0.440. The topological polar surface area (TPSA) is 49.4 Å². The van der Waals surface area contributed by atoms with Crippen molar-refractivity contribution in [3.63, 3.8) is 0 Å². The summed E-state index contributed by atoms with van der Waals surface area (Å²) in [4.78, 5) is 27.9. The van der Waals surface area contributed by atoms with Gasteiger partial charge in [-0.3, -0.25) is 9.59 Å².